The van der Waals surface area contributed by atoms with Crippen molar-refractivity contribution in [3.63, 3.8) is 0 Å². The lowest BCUT2D eigenvalue weighted by Gasteiger charge is -2.10. The van der Waals surface area contributed by atoms with Gasteiger partial charge in [0.25, 0.3) is 0 Å². The van der Waals surface area contributed by atoms with Crippen molar-refractivity contribution >= 4 is 5.97 Å². The summed E-state index contributed by atoms with van der Waals surface area (Å²) in [5.41, 5.74) is 8.23. The fourth-order valence-corrected chi connectivity index (χ4v) is 2.34. The van der Waals surface area contributed by atoms with Crippen LogP contribution < -0.4 is 5.73 Å². The smallest absolute Gasteiger partial charge is 0.310 e. The summed E-state index contributed by atoms with van der Waals surface area (Å²) >= 11 is 0. The van der Waals surface area contributed by atoms with Crippen molar-refractivity contribution in [2.45, 2.75) is 18.9 Å². The van der Waals surface area contributed by atoms with Crippen molar-refractivity contribution < 1.29 is 9.90 Å². The van der Waals surface area contributed by atoms with Crippen LogP contribution in [0.1, 0.15) is 11.1 Å². The van der Waals surface area contributed by atoms with E-state index in [4.69, 9.17) is 5.73 Å². The Hall–Kier alpha value is -2.39. The molecule has 3 N–H and O–H groups in total. The molecule has 0 aliphatic heterocycles. The number of nitrogens with two attached hydrogens (primary N) is 1. The van der Waals surface area contributed by atoms with Crippen molar-refractivity contribution in [3.05, 3.63) is 83.9 Å². The Balaban J connectivity index is 1.96. The Morgan fingerprint density at radius 3 is 1.91 bits per heavy atom. The highest BCUT2D eigenvalue weighted by Crippen LogP contribution is 2.11. The zero-order chi connectivity index (χ0) is 15.8. The van der Waals surface area contributed by atoms with Gasteiger partial charge in [-0.15, -0.1) is 0 Å². The second-order valence-corrected chi connectivity index (χ2v) is 5.37. The van der Waals surface area contributed by atoms with Crippen LogP contribution in [0.4, 0.5) is 0 Å². The minimum atomic E-state index is -0.827. The predicted molar refractivity (Wildman–Crippen MR) is 88.5 cm³/mol. The first-order valence-corrected chi connectivity index (χ1v) is 7.39. The number of carboxylic acid groups (broad SMARTS) is 1. The summed E-state index contributed by atoms with van der Waals surface area (Å²) in [7, 11) is 0. The normalized spacial score (nSPS) is 13.9. The minimum absolute atomic E-state index is 0.181. The van der Waals surface area contributed by atoms with Crippen LogP contribution in [-0.4, -0.2) is 17.1 Å². The first kappa shape index (κ1) is 16.0. The average Bonchev–Trinajstić information content (AvgIpc) is 2.53. The zero-order valence-corrected chi connectivity index (χ0v) is 12.4. The number of hydrogen-bond acceptors (Lipinski definition) is 2. The van der Waals surface area contributed by atoms with Crippen LogP contribution in [0.5, 0.6) is 0 Å². The maximum Gasteiger partial charge on any atom is 0.310 e. The monoisotopic (exact) mass is 295 g/mol. The molecule has 2 aromatic rings. The van der Waals surface area contributed by atoms with E-state index in [-0.39, 0.29) is 6.04 Å². The number of rotatable bonds is 7. The molecule has 0 amide bonds. The lowest BCUT2D eigenvalue weighted by atomic mass is 9.97. The molecule has 0 aromatic heterocycles. The summed E-state index contributed by atoms with van der Waals surface area (Å²) in [6.45, 7) is 0. The third-order valence-electron chi connectivity index (χ3n) is 3.52. The van der Waals surface area contributed by atoms with Gasteiger partial charge >= 0.3 is 5.97 Å². The highest BCUT2D eigenvalue weighted by Gasteiger charge is 2.14. The fourth-order valence-electron chi connectivity index (χ4n) is 2.34. The molecular weight excluding hydrogens is 274 g/mol. The van der Waals surface area contributed by atoms with Crippen LogP contribution >= 0.6 is 0 Å². The van der Waals surface area contributed by atoms with Crippen molar-refractivity contribution in [1.82, 2.24) is 0 Å². The zero-order valence-electron chi connectivity index (χ0n) is 12.4. The second kappa shape index (κ2) is 8.15. The van der Waals surface area contributed by atoms with Crippen LogP contribution in [-0.2, 0) is 17.6 Å². The van der Waals surface area contributed by atoms with Gasteiger partial charge in [0.2, 0.25) is 0 Å². The van der Waals surface area contributed by atoms with Gasteiger partial charge in [-0.25, -0.2) is 0 Å². The number of hydrogen-bond donors (Lipinski definition) is 2. The Morgan fingerprint density at radius 2 is 1.41 bits per heavy atom. The molecule has 0 fully saturated rings. The molecule has 0 aliphatic rings. The molecule has 0 radical (unpaired) electrons. The summed E-state index contributed by atoms with van der Waals surface area (Å²) < 4.78 is 0. The SMILES string of the molecule is N[C@H](/C=C/[C@H](Cc1ccccc1)C(=O)O)Cc1ccccc1. The standard InChI is InChI=1S/C19H21NO2/c20-18(14-16-9-5-2-6-10-16)12-11-17(19(21)22)13-15-7-3-1-4-8-15/h1-12,17-18H,13-14,20H2,(H,21,22)/b12-11+/t17-,18-/m1/s1. The van der Waals surface area contributed by atoms with E-state index in [0.29, 0.717) is 12.8 Å². The molecule has 2 rings (SSSR count). The molecule has 0 saturated carbocycles. The summed E-state index contributed by atoms with van der Waals surface area (Å²) in [5.74, 6) is -1.38. The van der Waals surface area contributed by atoms with Crippen LogP contribution in [0.25, 0.3) is 0 Å². The average molecular weight is 295 g/mol. The van der Waals surface area contributed by atoms with E-state index in [1.54, 1.807) is 12.2 Å². The lowest BCUT2D eigenvalue weighted by molar-refractivity contribution is -0.140. The minimum Gasteiger partial charge on any atom is -0.481 e. The van der Waals surface area contributed by atoms with E-state index in [9.17, 15) is 9.90 Å². The summed E-state index contributed by atoms with van der Waals surface area (Å²) in [5, 5.41) is 9.35. The highest BCUT2D eigenvalue weighted by molar-refractivity contribution is 5.72. The van der Waals surface area contributed by atoms with E-state index in [0.717, 1.165) is 11.1 Å². The molecule has 0 bridgehead atoms. The summed E-state index contributed by atoms with van der Waals surface area (Å²) in [6.07, 6.45) is 4.69. The van der Waals surface area contributed by atoms with E-state index in [2.05, 4.69) is 0 Å². The van der Waals surface area contributed by atoms with Gasteiger partial charge in [0.1, 0.15) is 0 Å². The van der Waals surface area contributed by atoms with Crippen LogP contribution in [0.2, 0.25) is 0 Å². The molecule has 22 heavy (non-hydrogen) atoms. The number of aliphatic carboxylic acids is 1. The highest BCUT2D eigenvalue weighted by atomic mass is 16.4. The Labute approximate surface area is 131 Å². The van der Waals surface area contributed by atoms with Gasteiger partial charge in [0.15, 0.2) is 0 Å². The second-order valence-electron chi connectivity index (χ2n) is 5.37. The molecule has 0 spiro atoms. The van der Waals surface area contributed by atoms with Crippen molar-refractivity contribution in [2.24, 2.45) is 11.7 Å². The van der Waals surface area contributed by atoms with E-state index in [1.165, 1.54) is 0 Å². The van der Waals surface area contributed by atoms with Crippen molar-refractivity contribution in [1.29, 1.82) is 0 Å². The van der Waals surface area contributed by atoms with Gasteiger partial charge in [-0.1, -0.05) is 72.8 Å². The van der Waals surface area contributed by atoms with Crippen molar-refractivity contribution in [2.75, 3.05) is 0 Å². The molecule has 3 heteroatoms. The maximum atomic E-state index is 11.4. The first-order valence-electron chi connectivity index (χ1n) is 7.39. The number of benzene rings is 2. The third-order valence-corrected chi connectivity index (χ3v) is 3.52. The number of carbonyl (C=O) groups is 1. The molecule has 2 atom stereocenters. The maximum absolute atomic E-state index is 11.4. The number of carboxylic acids is 1. The molecular formula is C19H21NO2. The van der Waals surface area contributed by atoms with Gasteiger partial charge < -0.3 is 10.8 Å². The Kier molecular flexibility index (Phi) is 5.92. The molecule has 114 valence electrons. The quantitative estimate of drug-likeness (QED) is 0.772. The van der Waals surface area contributed by atoms with Gasteiger partial charge in [-0.3, -0.25) is 4.79 Å². The summed E-state index contributed by atoms with van der Waals surface area (Å²) in [6, 6.07) is 19.4. The molecule has 0 unspecified atom stereocenters. The van der Waals surface area contributed by atoms with Gasteiger partial charge in [-0.2, -0.15) is 0 Å². The molecule has 2 aromatic carbocycles. The van der Waals surface area contributed by atoms with Gasteiger partial charge in [0.05, 0.1) is 5.92 Å². The predicted octanol–water partition coefficient (Wildman–Crippen LogP) is 3.06. The van der Waals surface area contributed by atoms with Gasteiger partial charge in [0, 0.05) is 6.04 Å². The van der Waals surface area contributed by atoms with Gasteiger partial charge in [-0.05, 0) is 24.0 Å². The van der Waals surface area contributed by atoms with Crippen LogP contribution in [0, 0.1) is 5.92 Å². The largest absolute Gasteiger partial charge is 0.481 e. The summed E-state index contributed by atoms with van der Waals surface area (Å²) in [4.78, 5) is 11.4. The van der Waals surface area contributed by atoms with Crippen LogP contribution in [0.3, 0.4) is 0 Å². The molecule has 0 aliphatic carbocycles. The Bertz CT molecular complexity index is 608. The fraction of sp³-hybridized carbons (Fsp3) is 0.211. The van der Waals surface area contributed by atoms with E-state index < -0.39 is 11.9 Å². The molecule has 0 heterocycles. The third kappa shape index (κ3) is 5.19. The Morgan fingerprint density at radius 1 is 0.909 bits per heavy atom. The van der Waals surface area contributed by atoms with Crippen molar-refractivity contribution in [3.8, 4) is 0 Å². The lowest BCUT2D eigenvalue weighted by Crippen LogP contribution is -2.21. The first-order chi connectivity index (χ1) is 10.6. The van der Waals surface area contributed by atoms with E-state index >= 15 is 0 Å². The van der Waals surface area contributed by atoms with Crippen LogP contribution in [0.15, 0.2) is 72.8 Å². The molecule has 0 saturated heterocycles. The van der Waals surface area contributed by atoms with E-state index in [1.807, 2.05) is 60.7 Å². The molecule has 3 nitrogen and oxygen atoms in total. The topological polar surface area (TPSA) is 63.3 Å².